The number of fused-ring (bicyclic) bond motifs is 1. The molecule has 3 nitrogen and oxygen atoms in total. The van der Waals surface area contributed by atoms with Crippen LogP contribution in [0.1, 0.15) is 10.4 Å². The van der Waals surface area contributed by atoms with Crippen molar-refractivity contribution in [3.05, 3.63) is 40.4 Å². The van der Waals surface area contributed by atoms with Gasteiger partial charge in [-0.2, -0.15) is 0 Å². The van der Waals surface area contributed by atoms with Gasteiger partial charge in [0.05, 0.1) is 5.56 Å². The summed E-state index contributed by atoms with van der Waals surface area (Å²) in [6.07, 6.45) is 0. The van der Waals surface area contributed by atoms with Crippen molar-refractivity contribution in [2.24, 2.45) is 0 Å². The van der Waals surface area contributed by atoms with E-state index in [1.54, 1.807) is 24.3 Å². The molecular weight excluding hydrogens is 260 g/mol. The van der Waals surface area contributed by atoms with Crippen molar-refractivity contribution in [2.75, 3.05) is 0 Å². The van der Waals surface area contributed by atoms with Crippen molar-refractivity contribution in [2.45, 2.75) is 0 Å². The van der Waals surface area contributed by atoms with Crippen LogP contribution in [-0.2, 0) is 0 Å². The second-order valence-corrected chi connectivity index (χ2v) is 3.94. The zero-order valence-corrected chi connectivity index (χ0v) is 9.11. The summed E-state index contributed by atoms with van der Waals surface area (Å²) in [5, 5.41) is 21.7. The monoisotopic (exact) mass is 265 g/mol. The predicted molar refractivity (Wildman–Crippen MR) is 58.1 cm³/mol. The summed E-state index contributed by atoms with van der Waals surface area (Å²) in [5.41, 5.74) is -0.208. The highest BCUT2D eigenvalue weighted by atomic mass is 79.9. The van der Waals surface area contributed by atoms with Crippen LogP contribution in [0.3, 0.4) is 0 Å². The van der Waals surface area contributed by atoms with Crippen LogP contribution in [0.4, 0.5) is 0 Å². The summed E-state index contributed by atoms with van der Waals surface area (Å²) < 4.78 is 0.620. The summed E-state index contributed by atoms with van der Waals surface area (Å²) in [5.74, 6) is -1.65. The van der Waals surface area contributed by atoms with Gasteiger partial charge in [-0.25, -0.2) is 4.79 Å². The van der Waals surface area contributed by atoms with E-state index in [0.717, 1.165) is 5.39 Å². The topological polar surface area (TPSA) is 60.4 Å². The van der Waals surface area contributed by atoms with Gasteiger partial charge >= 0.3 is 5.97 Å². The molecule has 0 heterocycles. The van der Waals surface area contributed by atoms with E-state index in [9.17, 15) is 9.90 Å². The first-order valence-electron chi connectivity index (χ1n) is 4.23. The maximum atomic E-state index is 11.7. The molecule has 4 heteroatoms. The van der Waals surface area contributed by atoms with E-state index in [4.69, 9.17) is 5.11 Å². The van der Waals surface area contributed by atoms with E-state index in [1.807, 2.05) is 0 Å². The molecule has 0 spiro atoms. The van der Waals surface area contributed by atoms with Gasteiger partial charge in [-0.1, -0.05) is 45.9 Å². The maximum absolute atomic E-state index is 11.7. The minimum Gasteiger partial charge on any atom is -0.871 e. The fourth-order valence-electron chi connectivity index (χ4n) is 1.46. The van der Waals surface area contributed by atoms with E-state index in [0.29, 0.717) is 9.86 Å². The summed E-state index contributed by atoms with van der Waals surface area (Å²) in [4.78, 5) is 10.8. The van der Waals surface area contributed by atoms with Crippen molar-refractivity contribution in [3.8, 4) is 5.75 Å². The molecule has 0 aliphatic carbocycles. The quantitative estimate of drug-likeness (QED) is 0.861. The number of carboxylic acids is 1. The molecule has 0 unspecified atom stereocenters. The number of benzene rings is 2. The van der Waals surface area contributed by atoms with Gasteiger partial charge in [0.15, 0.2) is 0 Å². The lowest BCUT2D eigenvalue weighted by molar-refractivity contribution is -0.266. The van der Waals surface area contributed by atoms with E-state index in [-0.39, 0.29) is 5.56 Å². The Kier molecular flexibility index (Phi) is 2.36. The fourth-order valence-corrected chi connectivity index (χ4v) is 2.04. The van der Waals surface area contributed by atoms with Gasteiger partial charge in [-0.3, -0.25) is 0 Å². The molecular formula is C11H6BrO3-. The van der Waals surface area contributed by atoms with Crippen molar-refractivity contribution >= 4 is 32.7 Å². The largest absolute Gasteiger partial charge is 0.871 e. The standard InChI is InChI=1S/C11H7BrO3/c12-9-5-8(11(14)15)10(13)7-4-2-1-3-6(7)9/h1-5,13H,(H,14,15)/p-1. The summed E-state index contributed by atoms with van der Waals surface area (Å²) in [7, 11) is 0. The normalized spacial score (nSPS) is 10.5. The number of hydrogen-bond donors (Lipinski definition) is 1. The van der Waals surface area contributed by atoms with Gasteiger partial charge < -0.3 is 10.2 Å². The second-order valence-electron chi connectivity index (χ2n) is 3.09. The predicted octanol–water partition coefficient (Wildman–Crippen LogP) is 2.37. The molecule has 76 valence electrons. The fraction of sp³-hybridized carbons (Fsp3) is 0. The minimum absolute atomic E-state index is 0.208. The van der Waals surface area contributed by atoms with Gasteiger partial charge in [0.25, 0.3) is 0 Å². The maximum Gasteiger partial charge on any atom is 0.335 e. The van der Waals surface area contributed by atoms with Crippen LogP contribution in [0.5, 0.6) is 5.75 Å². The number of aromatic carboxylic acids is 1. The van der Waals surface area contributed by atoms with E-state index in [2.05, 4.69) is 15.9 Å². The van der Waals surface area contributed by atoms with Crippen LogP contribution >= 0.6 is 15.9 Å². The SMILES string of the molecule is O=C(O)c1cc(Br)c2ccccc2c1[O-]. The highest BCUT2D eigenvalue weighted by molar-refractivity contribution is 9.10. The number of rotatable bonds is 1. The molecule has 0 atom stereocenters. The average Bonchev–Trinajstić information content (AvgIpc) is 2.23. The molecule has 15 heavy (non-hydrogen) atoms. The first-order valence-corrected chi connectivity index (χ1v) is 5.02. The third kappa shape index (κ3) is 1.57. The molecule has 1 N–H and O–H groups in total. The van der Waals surface area contributed by atoms with Crippen molar-refractivity contribution in [1.29, 1.82) is 0 Å². The molecule has 0 saturated carbocycles. The molecule has 0 radical (unpaired) electrons. The molecule has 2 rings (SSSR count). The Morgan fingerprint density at radius 1 is 1.27 bits per heavy atom. The number of hydrogen-bond acceptors (Lipinski definition) is 2. The molecule has 0 aromatic heterocycles. The molecule has 2 aromatic rings. The third-order valence-electron chi connectivity index (χ3n) is 2.18. The van der Waals surface area contributed by atoms with Crippen LogP contribution in [0.15, 0.2) is 34.8 Å². The Balaban J connectivity index is 2.90. The number of carbonyl (C=O) groups is 1. The van der Waals surface area contributed by atoms with E-state index < -0.39 is 11.7 Å². The van der Waals surface area contributed by atoms with Gasteiger partial charge in [0.2, 0.25) is 0 Å². The Morgan fingerprint density at radius 3 is 2.47 bits per heavy atom. The number of carboxylic acid groups (broad SMARTS) is 1. The Labute approximate surface area is 94.1 Å². The zero-order chi connectivity index (χ0) is 11.0. The van der Waals surface area contributed by atoms with E-state index in [1.165, 1.54) is 6.07 Å². The van der Waals surface area contributed by atoms with Crippen molar-refractivity contribution in [3.63, 3.8) is 0 Å². The first kappa shape index (κ1) is 9.98. The third-order valence-corrected chi connectivity index (χ3v) is 2.83. The van der Waals surface area contributed by atoms with Gasteiger partial charge in [-0.05, 0) is 16.8 Å². The Hall–Kier alpha value is -1.55. The second kappa shape index (κ2) is 3.55. The summed E-state index contributed by atoms with van der Waals surface area (Å²) in [6, 6.07) is 8.24. The number of halogens is 1. The molecule has 0 aliphatic rings. The molecule has 0 saturated heterocycles. The van der Waals surface area contributed by atoms with Crippen molar-refractivity contribution < 1.29 is 15.0 Å². The lowest BCUT2D eigenvalue weighted by Crippen LogP contribution is -2.04. The van der Waals surface area contributed by atoms with Crippen LogP contribution in [0.25, 0.3) is 10.8 Å². The Morgan fingerprint density at radius 2 is 1.87 bits per heavy atom. The molecule has 2 aromatic carbocycles. The van der Waals surface area contributed by atoms with Crippen LogP contribution in [0, 0.1) is 0 Å². The first-order chi connectivity index (χ1) is 7.11. The smallest absolute Gasteiger partial charge is 0.335 e. The highest BCUT2D eigenvalue weighted by Crippen LogP contribution is 2.32. The van der Waals surface area contributed by atoms with Crippen LogP contribution in [0.2, 0.25) is 0 Å². The lowest BCUT2D eigenvalue weighted by Gasteiger charge is -2.15. The summed E-state index contributed by atoms with van der Waals surface area (Å²) in [6.45, 7) is 0. The Bertz CT molecular complexity index is 549. The lowest BCUT2D eigenvalue weighted by atomic mass is 10.1. The van der Waals surface area contributed by atoms with Crippen LogP contribution < -0.4 is 5.11 Å². The van der Waals surface area contributed by atoms with E-state index >= 15 is 0 Å². The molecule has 0 fully saturated rings. The average molecular weight is 266 g/mol. The minimum atomic E-state index is -1.20. The molecule has 0 amide bonds. The molecule has 0 aliphatic heterocycles. The molecule has 0 bridgehead atoms. The van der Waals surface area contributed by atoms with Gasteiger partial charge in [0.1, 0.15) is 0 Å². The van der Waals surface area contributed by atoms with Gasteiger partial charge in [-0.15, -0.1) is 0 Å². The highest BCUT2D eigenvalue weighted by Gasteiger charge is 2.09. The zero-order valence-electron chi connectivity index (χ0n) is 7.53. The van der Waals surface area contributed by atoms with Gasteiger partial charge in [0, 0.05) is 4.47 Å². The summed E-state index contributed by atoms with van der Waals surface area (Å²) >= 11 is 3.25. The van der Waals surface area contributed by atoms with Crippen molar-refractivity contribution in [1.82, 2.24) is 0 Å². The van der Waals surface area contributed by atoms with Crippen LogP contribution in [-0.4, -0.2) is 11.1 Å².